The number of aliphatic hydroxyl groups excluding tert-OH is 1. The summed E-state index contributed by atoms with van der Waals surface area (Å²) in [5.41, 5.74) is 4.71. The van der Waals surface area contributed by atoms with E-state index in [9.17, 15) is 5.11 Å². The number of hydrogen-bond acceptors (Lipinski definition) is 2. The molecule has 1 aromatic rings. The number of fused-ring (bicyclic) bond motifs is 5. The third kappa shape index (κ3) is 1.89. The fourth-order valence-corrected chi connectivity index (χ4v) is 6.03. The summed E-state index contributed by atoms with van der Waals surface area (Å²) in [7, 11) is 1.76. The summed E-state index contributed by atoms with van der Waals surface area (Å²) in [6.45, 7) is 4.60. The Morgan fingerprint density at radius 3 is 2.77 bits per heavy atom. The molecule has 22 heavy (non-hydrogen) atoms. The van der Waals surface area contributed by atoms with Crippen molar-refractivity contribution in [2.45, 2.75) is 64.4 Å². The van der Waals surface area contributed by atoms with Gasteiger partial charge in [0.05, 0.1) is 13.2 Å². The van der Waals surface area contributed by atoms with E-state index in [0.717, 1.165) is 24.0 Å². The molecule has 0 bridgehead atoms. The van der Waals surface area contributed by atoms with Crippen LogP contribution in [0.1, 0.15) is 61.6 Å². The number of methoxy groups -OCH3 is 1. The molecule has 2 heteroatoms. The van der Waals surface area contributed by atoms with E-state index in [1.807, 2.05) is 0 Å². The van der Waals surface area contributed by atoms with E-state index in [-0.39, 0.29) is 11.5 Å². The third-order valence-electron chi connectivity index (χ3n) is 7.19. The van der Waals surface area contributed by atoms with E-state index in [1.165, 1.54) is 43.2 Å². The molecule has 0 saturated heterocycles. The molecule has 4 rings (SSSR count). The normalized spacial score (nSPS) is 39.8. The van der Waals surface area contributed by atoms with Crippen LogP contribution in [-0.4, -0.2) is 18.3 Å². The minimum absolute atomic E-state index is 0.0724. The average molecular weight is 300 g/mol. The highest BCUT2D eigenvalue weighted by molar-refractivity contribution is 5.46. The maximum atomic E-state index is 10.5. The van der Waals surface area contributed by atoms with Crippen LogP contribution < -0.4 is 4.74 Å². The Labute approximate surface area is 133 Å². The van der Waals surface area contributed by atoms with Gasteiger partial charge in [0.1, 0.15) is 5.75 Å². The summed E-state index contributed by atoms with van der Waals surface area (Å²) in [6.07, 6.45) is 7.06. The Morgan fingerprint density at radius 1 is 1.18 bits per heavy atom. The SMILES string of the molecule is COc1cc(C)c2c(c1)CC[C@@H]1[C@@H]2CC[C@]2(C)[C@H](O)CC[C@H]12. The van der Waals surface area contributed by atoms with Crippen molar-refractivity contribution in [1.82, 2.24) is 0 Å². The molecular weight excluding hydrogens is 272 g/mol. The molecule has 0 aliphatic heterocycles. The van der Waals surface area contributed by atoms with Crippen molar-refractivity contribution in [2.24, 2.45) is 17.3 Å². The minimum atomic E-state index is -0.0724. The Kier molecular flexibility index (Phi) is 3.30. The van der Waals surface area contributed by atoms with Crippen LogP contribution in [0.15, 0.2) is 12.1 Å². The van der Waals surface area contributed by atoms with Gasteiger partial charge in [-0.2, -0.15) is 0 Å². The molecule has 0 unspecified atom stereocenters. The lowest BCUT2D eigenvalue weighted by molar-refractivity contribution is -0.0227. The van der Waals surface area contributed by atoms with Crippen molar-refractivity contribution < 1.29 is 9.84 Å². The van der Waals surface area contributed by atoms with Crippen LogP contribution in [0.4, 0.5) is 0 Å². The average Bonchev–Trinajstić information content (AvgIpc) is 2.82. The van der Waals surface area contributed by atoms with Crippen LogP contribution in [0.2, 0.25) is 0 Å². The molecule has 0 aromatic heterocycles. The van der Waals surface area contributed by atoms with Gasteiger partial charge >= 0.3 is 0 Å². The monoisotopic (exact) mass is 300 g/mol. The summed E-state index contributed by atoms with van der Waals surface area (Å²) in [6, 6.07) is 4.47. The summed E-state index contributed by atoms with van der Waals surface area (Å²) in [5, 5.41) is 10.5. The standard InChI is InChI=1S/C20H28O2/c1-12-10-14(22-3)11-13-4-5-15-16(19(12)13)8-9-20(2)17(15)6-7-18(20)21/h10-11,15-18,21H,4-9H2,1-3H3/t15-,16+,17-,18-,20+/m1/s1. The lowest BCUT2D eigenvalue weighted by Crippen LogP contribution is -2.44. The van der Waals surface area contributed by atoms with Gasteiger partial charge in [-0.05, 0) is 97.4 Å². The maximum absolute atomic E-state index is 10.5. The lowest BCUT2D eigenvalue weighted by atomic mass is 9.55. The highest BCUT2D eigenvalue weighted by atomic mass is 16.5. The first-order valence-corrected chi connectivity index (χ1v) is 8.90. The van der Waals surface area contributed by atoms with Crippen LogP contribution in [0.5, 0.6) is 5.75 Å². The maximum Gasteiger partial charge on any atom is 0.119 e. The van der Waals surface area contributed by atoms with Crippen molar-refractivity contribution in [3.05, 3.63) is 28.8 Å². The lowest BCUT2D eigenvalue weighted by Gasteiger charge is -2.50. The highest BCUT2D eigenvalue weighted by Gasteiger charge is 2.54. The van der Waals surface area contributed by atoms with Crippen LogP contribution in [-0.2, 0) is 6.42 Å². The summed E-state index contributed by atoms with van der Waals surface area (Å²) in [5.74, 6) is 3.20. The number of aliphatic hydroxyl groups is 1. The molecule has 2 fully saturated rings. The number of rotatable bonds is 1. The number of ether oxygens (including phenoxy) is 1. The molecule has 1 N–H and O–H groups in total. The van der Waals surface area contributed by atoms with Gasteiger partial charge < -0.3 is 9.84 Å². The Morgan fingerprint density at radius 2 is 2.00 bits per heavy atom. The van der Waals surface area contributed by atoms with E-state index in [2.05, 4.69) is 26.0 Å². The largest absolute Gasteiger partial charge is 0.497 e. The second-order valence-electron chi connectivity index (χ2n) is 8.07. The van der Waals surface area contributed by atoms with Gasteiger partial charge in [0, 0.05) is 0 Å². The fraction of sp³-hybridized carbons (Fsp3) is 0.700. The van der Waals surface area contributed by atoms with Crippen molar-refractivity contribution in [3.8, 4) is 5.75 Å². The Hall–Kier alpha value is -1.02. The molecule has 2 nitrogen and oxygen atoms in total. The molecule has 0 amide bonds. The molecule has 1 aromatic carbocycles. The predicted octanol–water partition coefficient (Wildman–Crippen LogP) is 4.22. The smallest absolute Gasteiger partial charge is 0.119 e. The van der Waals surface area contributed by atoms with Gasteiger partial charge in [0.2, 0.25) is 0 Å². The molecule has 3 aliphatic carbocycles. The quantitative estimate of drug-likeness (QED) is 0.841. The molecule has 120 valence electrons. The predicted molar refractivity (Wildman–Crippen MR) is 88.4 cm³/mol. The summed E-state index contributed by atoms with van der Waals surface area (Å²) < 4.78 is 5.46. The van der Waals surface area contributed by atoms with E-state index in [4.69, 9.17) is 4.74 Å². The molecule has 0 radical (unpaired) electrons. The molecule has 3 aliphatic rings. The molecular formula is C20H28O2. The van der Waals surface area contributed by atoms with Gasteiger partial charge in [-0.25, -0.2) is 0 Å². The van der Waals surface area contributed by atoms with Gasteiger partial charge in [0.25, 0.3) is 0 Å². The van der Waals surface area contributed by atoms with Crippen LogP contribution in [0.25, 0.3) is 0 Å². The number of hydrogen-bond donors (Lipinski definition) is 1. The van der Waals surface area contributed by atoms with Gasteiger partial charge in [0.15, 0.2) is 0 Å². The zero-order valence-corrected chi connectivity index (χ0v) is 14.1. The third-order valence-corrected chi connectivity index (χ3v) is 7.19. The molecule has 2 saturated carbocycles. The Balaban J connectivity index is 1.73. The van der Waals surface area contributed by atoms with E-state index in [1.54, 1.807) is 12.7 Å². The van der Waals surface area contributed by atoms with E-state index in [0.29, 0.717) is 5.92 Å². The van der Waals surface area contributed by atoms with Gasteiger partial charge in [-0.15, -0.1) is 0 Å². The van der Waals surface area contributed by atoms with E-state index < -0.39 is 0 Å². The van der Waals surface area contributed by atoms with Crippen molar-refractivity contribution in [1.29, 1.82) is 0 Å². The number of aryl methyl sites for hydroxylation is 2. The second-order valence-corrected chi connectivity index (χ2v) is 8.07. The minimum Gasteiger partial charge on any atom is -0.497 e. The first-order valence-electron chi connectivity index (χ1n) is 8.90. The van der Waals surface area contributed by atoms with Crippen LogP contribution >= 0.6 is 0 Å². The fourth-order valence-electron chi connectivity index (χ4n) is 6.03. The van der Waals surface area contributed by atoms with Crippen molar-refractivity contribution in [2.75, 3.05) is 7.11 Å². The second kappa shape index (κ2) is 4.99. The zero-order chi connectivity index (χ0) is 15.5. The summed E-state index contributed by atoms with van der Waals surface area (Å²) >= 11 is 0. The first kappa shape index (κ1) is 14.6. The van der Waals surface area contributed by atoms with Crippen molar-refractivity contribution in [3.63, 3.8) is 0 Å². The van der Waals surface area contributed by atoms with Gasteiger partial charge in [-0.3, -0.25) is 0 Å². The Bertz CT molecular complexity index is 594. The topological polar surface area (TPSA) is 29.5 Å². The first-order chi connectivity index (χ1) is 10.5. The molecule has 5 atom stereocenters. The van der Waals surface area contributed by atoms with Gasteiger partial charge in [-0.1, -0.05) is 6.92 Å². The van der Waals surface area contributed by atoms with Crippen molar-refractivity contribution >= 4 is 0 Å². The van der Waals surface area contributed by atoms with E-state index >= 15 is 0 Å². The molecule has 0 heterocycles. The summed E-state index contributed by atoms with van der Waals surface area (Å²) in [4.78, 5) is 0. The van der Waals surface area contributed by atoms with Crippen LogP contribution in [0.3, 0.4) is 0 Å². The van der Waals surface area contributed by atoms with Crippen LogP contribution in [0, 0.1) is 24.2 Å². The zero-order valence-electron chi connectivity index (χ0n) is 14.1. The molecule has 0 spiro atoms. The number of benzene rings is 1. The highest BCUT2D eigenvalue weighted by Crippen LogP contribution is 2.61.